The van der Waals surface area contributed by atoms with Crippen LogP contribution in [-0.4, -0.2) is 70.1 Å². The highest BCUT2D eigenvalue weighted by Crippen LogP contribution is 2.60. The van der Waals surface area contributed by atoms with E-state index in [0.717, 1.165) is 11.1 Å². The van der Waals surface area contributed by atoms with E-state index in [4.69, 9.17) is 16.3 Å². The van der Waals surface area contributed by atoms with Gasteiger partial charge in [-0.1, -0.05) is 96.5 Å². The van der Waals surface area contributed by atoms with Crippen LogP contribution in [0.5, 0.6) is 0 Å². The Bertz CT molecular complexity index is 1650. The highest BCUT2D eigenvalue weighted by atomic mass is 35.5. The first-order chi connectivity index (χ1) is 22.8. The number of carbonyl (C=O) groups excluding carboxylic acids is 3. The topological polar surface area (TPSA) is 90.4 Å². The molecule has 1 N–H and O–H groups in total. The van der Waals surface area contributed by atoms with Crippen molar-refractivity contribution in [3.63, 3.8) is 0 Å². The number of halogens is 1. The van der Waals surface area contributed by atoms with Crippen LogP contribution in [0, 0.1) is 18.8 Å². The molecule has 244 valence electrons. The van der Waals surface area contributed by atoms with Crippen LogP contribution in [0.1, 0.15) is 35.6 Å². The molecule has 3 fully saturated rings. The fourth-order valence-corrected chi connectivity index (χ4v) is 8.28. The molecular formula is C38H40ClN3O5. The molecule has 0 aliphatic carbocycles. The van der Waals surface area contributed by atoms with Crippen molar-refractivity contribution in [2.24, 2.45) is 11.8 Å². The Kier molecular flexibility index (Phi) is 9.37. The Morgan fingerprint density at radius 3 is 2.34 bits per heavy atom. The normalized spacial score (nSPS) is 24.9. The Balaban J connectivity index is 1.46. The minimum Gasteiger partial charge on any atom is -0.394 e. The van der Waals surface area contributed by atoms with Gasteiger partial charge in [0.15, 0.2) is 0 Å². The number of likely N-dealkylation sites (tertiary alicyclic amines) is 1. The predicted octanol–water partition coefficient (Wildman–Crippen LogP) is 5.49. The lowest BCUT2D eigenvalue weighted by atomic mass is 9.70. The maximum absolute atomic E-state index is 15.1. The number of benzene rings is 3. The lowest BCUT2D eigenvalue weighted by molar-refractivity contribution is -0.147. The molecule has 2 bridgehead atoms. The van der Waals surface area contributed by atoms with Gasteiger partial charge in [0.2, 0.25) is 11.8 Å². The summed E-state index contributed by atoms with van der Waals surface area (Å²) in [6.45, 7) is 9.99. The third kappa shape index (κ3) is 5.58. The lowest BCUT2D eigenvalue weighted by Crippen LogP contribution is -2.57. The van der Waals surface area contributed by atoms with E-state index in [0.29, 0.717) is 42.2 Å². The van der Waals surface area contributed by atoms with Gasteiger partial charge in [-0.3, -0.25) is 14.4 Å². The Morgan fingerprint density at radius 2 is 1.70 bits per heavy atom. The van der Waals surface area contributed by atoms with Gasteiger partial charge >= 0.3 is 0 Å². The number of ether oxygens (including phenoxy) is 1. The number of aliphatic hydroxyl groups is 1. The summed E-state index contributed by atoms with van der Waals surface area (Å²) >= 11 is 6.71. The highest BCUT2D eigenvalue weighted by molar-refractivity contribution is 6.34. The number of carbonyl (C=O) groups is 3. The zero-order valence-corrected chi connectivity index (χ0v) is 27.3. The third-order valence-electron chi connectivity index (χ3n) is 9.86. The van der Waals surface area contributed by atoms with Crippen LogP contribution in [-0.2, 0) is 25.7 Å². The largest absolute Gasteiger partial charge is 0.394 e. The van der Waals surface area contributed by atoms with E-state index < -0.39 is 48.1 Å². The molecule has 2 unspecified atom stereocenters. The molecule has 3 amide bonds. The van der Waals surface area contributed by atoms with Crippen molar-refractivity contribution >= 4 is 35.0 Å². The molecule has 0 aromatic heterocycles. The molecule has 8 nitrogen and oxygen atoms in total. The van der Waals surface area contributed by atoms with E-state index in [1.807, 2.05) is 79.7 Å². The number of hydrogen-bond acceptors (Lipinski definition) is 5. The van der Waals surface area contributed by atoms with Crippen molar-refractivity contribution in [1.82, 2.24) is 9.80 Å². The second-order valence-corrected chi connectivity index (χ2v) is 13.0. The van der Waals surface area contributed by atoms with Crippen molar-refractivity contribution in [1.29, 1.82) is 0 Å². The summed E-state index contributed by atoms with van der Waals surface area (Å²) in [5.74, 6) is -2.70. The second-order valence-electron chi connectivity index (χ2n) is 12.5. The van der Waals surface area contributed by atoms with Crippen molar-refractivity contribution in [2.75, 3.05) is 24.6 Å². The van der Waals surface area contributed by atoms with Crippen LogP contribution in [0.4, 0.5) is 5.69 Å². The van der Waals surface area contributed by atoms with E-state index in [1.165, 1.54) is 4.90 Å². The summed E-state index contributed by atoms with van der Waals surface area (Å²) in [6, 6.07) is 22.3. The monoisotopic (exact) mass is 653 g/mol. The Labute approximate surface area is 280 Å². The number of anilines is 1. The summed E-state index contributed by atoms with van der Waals surface area (Å²) in [5.41, 5.74) is 1.66. The minimum atomic E-state index is -1.28. The van der Waals surface area contributed by atoms with Gasteiger partial charge < -0.3 is 24.5 Å². The molecule has 3 aliphatic rings. The second kappa shape index (κ2) is 13.5. The van der Waals surface area contributed by atoms with Crippen LogP contribution in [0.15, 0.2) is 104 Å². The number of nitrogens with zero attached hydrogens (tertiary/aromatic N) is 3. The molecule has 47 heavy (non-hydrogen) atoms. The third-order valence-corrected chi connectivity index (χ3v) is 10.2. The van der Waals surface area contributed by atoms with Gasteiger partial charge in [-0.15, -0.1) is 13.2 Å². The summed E-state index contributed by atoms with van der Waals surface area (Å²) in [7, 11) is 0. The van der Waals surface area contributed by atoms with E-state index in [2.05, 4.69) is 13.2 Å². The standard InChI is InChI=1S/C38H40ClN3O5/c1-4-21-40(23-26-14-8-6-9-15-26)35(44)31-30-19-20-38(47-30)32(31)36(45)42(29(24-43)27-16-10-7-11-17-27)34(38)37(46)41(22-5-2)33-25(3)13-12-18-28(33)39/h4-18,29-32,34,43H,1-2,19-24H2,3H3/t29-,30-,31+,32+,34?,38?/m1/s1. The summed E-state index contributed by atoms with van der Waals surface area (Å²) in [6.07, 6.45) is 3.70. The minimum absolute atomic E-state index is 0.133. The van der Waals surface area contributed by atoms with E-state index in [9.17, 15) is 14.7 Å². The van der Waals surface area contributed by atoms with Crippen molar-refractivity contribution in [2.45, 2.75) is 50.1 Å². The molecule has 3 aromatic carbocycles. The van der Waals surface area contributed by atoms with Gasteiger partial charge in [-0.25, -0.2) is 0 Å². The molecule has 6 atom stereocenters. The summed E-state index contributed by atoms with van der Waals surface area (Å²) in [5, 5.41) is 11.2. The highest BCUT2D eigenvalue weighted by Gasteiger charge is 2.75. The first-order valence-corrected chi connectivity index (χ1v) is 16.4. The number of hydrogen-bond donors (Lipinski definition) is 1. The molecule has 0 saturated carbocycles. The van der Waals surface area contributed by atoms with E-state index >= 15 is 4.79 Å². The average molecular weight is 654 g/mol. The molecular weight excluding hydrogens is 614 g/mol. The maximum Gasteiger partial charge on any atom is 0.253 e. The smallest absolute Gasteiger partial charge is 0.253 e. The van der Waals surface area contributed by atoms with Crippen molar-refractivity contribution < 1.29 is 24.2 Å². The lowest BCUT2D eigenvalue weighted by Gasteiger charge is -2.39. The molecule has 9 heteroatoms. The summed E-state index contributed by atoms with van der Waals surface area (Å²) in [4.78, 5) is 49.2. The SMILES string of the molecule is C=CCN(Cc1ccccc1)C(=O)[C@@H]1[C@H]2C(=O)N([C@H](CO)c3ccccc3)C(C(=O)N(CC=C)c3c(C)cccc3Cl)C23CC[C@H]1O3. The molecule has 0 radical (unpaired) electrons. The van der Waals surface area contributed by atoms with Crippen LogP contribution in [0.2, 0.25) is 5.02 Å². The zero-order valence-electron chi connectivity index (χ0n) is 26.5. The molecule has 3 aromatic rings. The molecule has 3 heterocycles. The van der Waals surface area contributed by atoms with E-state index in [1.54, 1.807) is 28.0 Å². The van der Waals surface area contributed by atoms with Gasteiger partial charge in [-0.05, 0) is 42.5 Å². The van der Waals surface area contributed by atoms with Gasteiger partial charge in [0, 0.05) is 19.6 Å². The average Bonchev–Trinajstić information content (AvgIpc) is 3.72. The molecule has 6 rings (SSSR count). The van der Waals surface area contributed by atoms with Gasteiger partial charge in [0.05, 0.1) is 41.3 Å². The number of para-hydroxylation sites is 1. The van der Waals surface area contributed by atoms with Crippen LogP contribution in [0.25, 0.3) is 0 Å². The van der Waals surface area contributed by atoms with E-state index in [-0.39, 0.29) is 18.4 Å². The van der Waals surface area contributed by atoms with Gasteiger partial charge in [0.25, 0.3) is 5.91 Å². The number of amides is 3. The zero-order chi connectivity index (χ0) is 33.3. The first-order valence-electron chi connectivity index (χ1n) is 16.0. The van der Waals surface area contributed by atoms with Gasteiger partial charge in [0.1, 0.15) is 11.6 Å². The van der Waals surface area contributed by atoms with Crippen LogP contribution < -0.4 is 4.90 Å². The Hall–Kier alpha value is -4.24. The maximum atomic E-state index is 15.1. The predicted molar refractivity (Wildman–Crippen MR) is 182 cm³/mol. The number of aliphatic hydroxyl groups excluding tert-OH is 1. The number of rotatable bonds is 12. The van der Waals surface area contributed by atoms with Gasteiger partial charge in [-0.2, -0.15) is 0 Å². The number of aryl methyl sites for hydroxylation is 1. The first kappa shape index (κ1) is 32.7. The number of fused-ring (bicyclic) bond motifs is 1. The molecule has 1 spiro atoms. The van der Waals surface area contributed by atoms with Crippen LogP contribution in [0.3, 0.4) is 0 Å². The molecule has 3 aliphatic heterocycles. The fourth-order valence-electron chi connectivity index (χ4n) is 7.95. The Morgan fingerprint density at radius 1 is 1.02 bits per heavy atom. The van der Waals surface area contributed by atoms with Crippen LogP contribution >= 0.6 is 11.6 Å². The summed E-state index contributed by atoms with van der Waals surface area (Å²) < 4.78 is 6.76. The van der Waals surface area contributed by atoms with Crippen molar-refractivity contribution in [3.8, 4) is 0 Å². The van der Waals surface area contributed by atoms with Crippen molar-refractivity contribution in [3.05, 3.63) is 126 Å². The quantitative estimate of drug-likeness (QED) is 0.261. The fraction of sp³-hybridized carbons (Fsp3) is 0.342. The molecule has 3 saturated heterocycles.